The zero-order chi connectivity index (χ0) is 19.5. The van der Waals surface area contributed by atoms with E-state index in [4.69, 9.17) is 16.3 Å². The Morgan fingerprint density at radius 1 is 1.42 bits per heavy atom. The number of amidine groups is 1. The van der Waals surface area contributed by atoms with Crippen LogP contribution in [0.4, 0.5) is 13.2 Å². The smallest absolute Gasteiger partial charge is 0.389 e. The molecular weight excluding hydrogens is 389 g/mol. The van der Waals surface area contributed by atoms with E-state index >= 15 is 0 Å². The average molecular weight is 409 g/mol. The van der Waals surface area contributed by atoms with Crippen molar-refractivity contribution in [2.24, 2.45) is 4.99 Å². The van der Waals surface area contributed by atoms with Crippen molar-refractivity contribution in [2.75, 3.05) is 20.2 Å². The molecule has 4 nitrogen and oxygen atoms in total. The Hall–Kier alpha value is -1.41. The number of methoxy groups -OCH3 is 1. The van der Waals surface area contributed by atoms with Gasteiger partial charge in [0.1, 0.15) is 5.75 Å². The van der Waals surface area contributed by atoms with Gasteiger partial charge in [-0.15, -0.1) is 0 Å². The lowest BCUT2D eigenvalue weighted by Gasteiger charge is -2.20. The first-order chi connectivity index (χ1) is 12.0. The molecule has 0 radical (unpaired) electrons. The van der Waals surface area contributed by atoms with Gasteiger partial charge in [-0.25, -0.2) is 0 Å². The second-order valence-electron chi connectivity index (χ2n) is 6.55. The van der Waals surface area contributed by atoms with Gasteiger partial charge in [0.15, 0.2) is 5.17 Å². The zero-order valence-corrected chi connectivity index (χ0v) is 16.3. The first kappa shape index (κ1) is 20.9. The van der Waals surface area contributed by atoms with Crippen LogP contribution in [0.2, 0.25) is 5.02 Å². The highest BCUT2D eigenvalue weighted by atomic mass is 35.5. The number of carbonyl (C=O) groups is 1. The van der Waals surface area contributed by atoms with Gasteiger partial charge in [0, 0.05) is 29.3 Å². The van der Waals surface area contributed by atoms with E-state index in [1.165, 1.54) is 24.9 Å². The zero-order valence-electron chi connectivity index (χ0n) is 14.7. The maximum absolute atomic E-state index is 12.6. The van der Waals surface area contributed by atoms with Crippen LogP contribution in [-0.2, 0) is 0 Å². The van der Waals surface area contributed by atoms with Gasteiger partial charge in [0.05, 0.1) is 12.7 Å². The molecule has 9 heteroatoms. The fourth-order valence-electron chi connectivity index (χ4n) is 2.60. The van der Waals surface area contributed by atoms with E-state index in [1.54, 1.807) is 17.0 Å². The minimum Gasteiger partial charge on any atom is -0.496 e. The number of hydrogen-bond acceptors (Lipinski definition) is 3. The highest BCUT2D eigenvalue weighted by molar-refractivity contribution is 8.15. The molecule has 0 aliphatic carbocycles. The van der Waals surface area contributed by atoms with Crippen molar-refractivity contribution in [3.05, 3.63) is 28.8 Å². The van der Waals surface area contributed by atoms with Crippen molar-refractivity contribution in [2.45, 2.75) is 37.6 Å². The first-order valence-electron chi connectivity index (χ1n) is 7.98. The van der Waals surface area contributed by atoms with Crippen molar-refractivity contribution < 1.29 is 22.7 Å². The lowest BCUT2D eigenvalue weighted by molar-refractivity contribution is -0.135. The lowest BCUT2D eigenvalue weighted by atomic mass is 10.2. The van der Waals surface area contributed by atoms with E-state index in [0.717, 1.165) is 0 Å². The molecule has 0 bridgehead atoms. The van der Waals surface area contributed by atoms with Crippen LogP contribution in [0.15, 0.2) is 23.2 Å². The van der Waals surface area contributed by atoms with Crippen molar-refractivity contribution >= 4 is 34.4 Å². The molecule has 0 atom stereocenters. The fraction of sp³-hybridized carbons (Fsp3) is 0.529. The number of hydrogen-bond donors (Lipinski definition) is 0. The average Bonchev–Trinajstić information content (AvgIpc) is 2.79. The number of amides is 1. The Bertz CT molecular complexity index is 708. The molecular formula is C17H20ClF3N2O2S. The Labute approximate surface area is 159 Å². The Morgan fingerprint density at radius 2 is 2.12 bits per heavy atom. The molecule has 144 valence electrons. The van der Waals surface area contributed by atoms with Crippen LogP contribution < -0.4 is 4.74 Å². The highest BCUT2D eigenvalue weighted by Crippen LogP contribution is 2.36. The van der Waals surface area contributed by atoms with Gasteiger partial charge < -0.3 is 9.64 Å². The number of alkyl halides is 3. The van der Waals surface area contributed by atoms with Crippen molar-refractivity contribution in [1.82, 2.24) is 4.90 Å². The van der Waals surface area contributed by atoms with E-state index in [-0.39, 0.29) is 23.3 Å². The summed E-state index contributed by atoms with van der Waals surface area (Å²) in [5, 5.41) is 0.792. The Balaban J connectivity index is 2.20. The standard InChI is InChI=1S/C17H20ClF3N2O2S/c1-16(2)10-23(8-4-7-17(19,20)21)15(26-16)22-14(24)12-9-11(18)5-6-13(12)25-3/h5-6,9H,4,7-8,10H2,1-3H3/b22-15-. The van der Waals surface area contributed by atoms with Gasteiger partial charge in [-0.2, -0.15) is 18.2 Å². The van der Waals surface area contributed by atoms with E-state index < -0.39 is 18.5 Å². The summed E-state index contributed by atoms with van der Waals surface area (Å²) in [5.74, 6) is -0.194. The fourth-order valence-corrected chi connectivity index (χ4v) is 3.90. The predicted molar refractivity (Wildman–Crippen MR) is 98.3 cm³/mol. The summed E-state index contributed by atoms with van der Waals surface area (Å²) in [6, 6.07) is 4.63. The number of halogens is 4. The summed E-state index contributed by atoms with van der Waals surface area (Å²) in [4.78, 5) is 18.4. The third kappa shape index (κ3) is 5.81. The van der Waals surface area contributed by atoms with Gasteiger partial charge in [-0.05, 0) is 38.5 Å². The monoisotopic (exact) mass is 408 g/mol. The summed E-state index contributed by atoms with van der Waals surface area (Å²) >= 11 is 7.32. The van der Waals surface area contributed by atoms with Crippen molar-refractivity contribution in [3.8, 4) is 5.75 Å². The molecule has 1 heterocycles. The minimum atomic E-state index is -4.19. The van der Waals surface area contributed by atoms with Gasteiger partial charge in [0.25, 0.3) is 5.91 Å². The molecule has 0 spiro atoms. The van der Waals surface area contributed by atoms with Crippen LogP contribution in [0.5, 0.6) is 5.75 Å². The number of nitrogens with zero attached hydrogens (tertiary/aromatic N) is 2. The van der Waals surface area contributed by atoms with E-state index in [1.807, 2.05) is 13.8 Å². The topological polar surface area (TPSA) is 41.9 Å². The lowest BCUT2D eigenvalue weighted by Crippen LogP contribution is -2.30. The van der Waals surface area contributed by atoms with Gasteiger partial charge in [-0.3, -0.25) is 4.79 Å². The third-order valence-corrected chi connectivity index (χ3v) is 5.14. The number of ether oxygens (including phenoxy) is 1. The van der Waals surface area contributed by atoms with Crippen LogP contribution in [0.1, 0.15) is 37.0 Å². The maximum Gasteiger partial charge on any atom is 0.389 e. The van der Waals surface area contributed by atoms with Crippen molar-refractivity contribution in [1.29, 1.82) is 0 Å². The van der Waals surface area contributed by atoms with E-state index in [2.05, 4.69) is 4.99 Å². The van der Waals surface area contributed by atoms with Crippen LogP contribution in [0, 0.1) is 0 Å². The van der Waals surface area contributed by atoms with E-state index in [0.29, 0.717) is 22.5 Å². The predicted octanol–water partition coefficient (Wildman–Crippen LogP) is 5.01. The maximum atomic E-state index is 12.6. The molecule has 1 aromatic rings. The normalized spacial score (nSPS) is 18.4. The summed E-state index contributed by atoms with van der Waals surface area (Å²) in [5.41, 5.74) is 0.216. The molecule has 0 saturated carbocycles. The number of thioether (sulfide) groups is 1. The third-order valence-electron chi connectivity index (χ3n) is 3.69. The summed E-state index contributed by atoms with van der Waals surface area (Å²) < 4.78 is 42.1. The van der Waals surface area contributed by atoms with Gasteiger partial charge >= 0.3 is 6.18 Å². The molecule has 1 saturated heterocycles. The molecule has 1 amide bonds. The van der Waals surface area contributed by atoms with Crippen LogP contribution in [-0.4, -0.2) is 47.1 Å². The molecule has 1 aliphatic heterocycles. The molecule has 26 heavy (non-hydrogen) atoms. The van der Waals surface area contributed by atoms with Crippen LogP contribution >= 0.6 is 23.4 Å². The molecule has 2 rings (SSSR count). The van der Waals surface area contributed by atoms with Gasteiger partial charge in [-0.1, -0.05) is 23.4 Å². The summed E-state index contributed by atoms with van der Waals surface area (Å²) in [6.45, 7) is 4.63. The Kier molecular flexibility index (Phi) is 6.50. The number of carbonyl (C=O) groups excluding carboxylic acids is 1. The molecule has 0 aromatic heterocycles. The number of benzene rings is 1. The van der Waals surface area contributed by atoms with Gasteiger partial charge in [0.2, 0.25) is 0 Å². The molecule has 0 unspecified atom stereocenters. The Morgan fingerprint density at radius 3 is 2.73 bits per heavy atom. The first-order valence-corrected chi connectivity index (χ1v) is 9.17. The largest absolute Gasteiger partial charge is 0.496 e. The van der Waals surface area contributed by atoms with Crippen molar-refractivity contribution in [3.63, 3.8) is 0 Å². The molecule has 1 aromatic carbocycles. The second kappa shape index (κ2) is 8.08. The highest BCUT2D eigenvalue weighted by Gasteiger charge is 2.36. The number of rotatable bonds is 5. The SMILES string of the molecule is COc1ccc(Cl)cc1C(=O)/N=C1\SC(C)(C)CN1CCCC(F)(F)F. The van der Waals surface area contributed by atoms with E-state index in [9.17, 15) is 18.0 Å². The van der Waals surface area contributed by atoms with Crippen LogP contribution in [0.25, 0.3) is 0 Å². The quantitative estimate of drug-likeness (QED) is 0.686. The minimum absolute atomic E-state index is 0.0478. The summed E-state index contributed by atoms with van der Waals surface area (Å²) in [7, 11) is 1.43. The van der Waals surface area contributed by atoms with Crippen LogP contribution in [0.3, 0.4) is 0 Å². The molecule has 1 fully saturated rings. The number of aliphatic imine (C=N–C) groups is 1. The molecule has 0 N–H and O–H groups in total. The summed E-state index contributed by atoms with van der Waals surface area (Å²) in [6.07, 6.45) is -5.10. The second-order valence-corrected chi connectivity index (χ2v) is 8.66. The molecule has 1 aliphatic rings.